The van der Waals surface area contributed by atoms with Gasteiger partial charge < -0.3 is 9.47 Å². The van der Waals surface area contributed by atoms with E-state index in [0.29, 0.717) is 24.3 Å². The largest absolute Gasteiger partial charge is 0.462 e. The number of benzene rings is 1. The zero-order valence-electron chi connectivity index (χ0n) is 25.1. The SMILES string of the molecule is CCCCCCCCCCc1cc(C(=O)OCCCCCCCC)ccc1C(=O)OCCCCCCCC. The maximum Gasteiger partial charge on any atom is 0.338 e. The highest BCUT2D eigenvalue weighted by Crippen LogP contribution is 2.19. The Hall–Kier alpha value is -1.84. The molecular formula is C34H58O4. The first-order valence-corrected chi connectivity index (χ1v) is 16.1. The molecule has 218 valence electrons. The van der Waals surface area contributed by atoms with E-state index in [2.05, 4.69) is 20.8 Å². The Balaban J connectivity index is 2.61. The second kappa shape index (κ2) is 24.2. The number of aryl methyl sites for hydroxylation is 1. The topological polar surface area (TPSA) is 52.6 Å². The van der Waals surface area contributed by atoms with Gasteiger partial charge in [-0.15, -0.1) is 0 Å². The van der Waals surface area contributed by atoms with Gasteiger partial charge in [0.1, 0.15) is 0 Å². The van der Waals surface area contributed by atoms with Crippen LogP contribution in [0.25, 0.3) is 0 Å². The molecule has 4 nitrogen and oxygen atoms in total. The first-order chi connectivity index (χ1) is 18.6. The molecule has 0 saturated carbocycles. The van der Waals surface area contributed by atoms with Crippen molar-refractivity contribution in [2.75, 3.05) is 13.2 Å². The molecule has 0 amide bonds. The van der Waals surface area contributed by atoms with Crippen molar-refractivity contribution >= 4 is 11.9 Å². The Kier molecular flexibility index (Phi) is 21.8. The second-order valence-electron chi connectivity index (χ2n) is 10.9. The van der Waals surface area contributed by atoms with E-state index < -0.39 is 0 Å². The summed E-state index contributed by atoms with van der Waals surface area (Å²) in [7, 11) is 0. The third kappa shape index (κ3) is 16.9. The van der Waals surface area contributed by atoms with Gasteiger partial charge in [-0.1, -0.05) is 130 Å². The molecule has 0 unspecified atom stereocenters. The van der Waals surface area contributed by atoms with Crippen LogP contribution in [0.1, 0.15) is 175 Å². The molecule has 0 aliphatic heterocycles. The van der Waals surface area contributed by atoms with Gasteiger partial charge in [0.05, 0.1) is 24.3 Å². The lowest BCUT2D eigenvalue weighted by atomic mass is 9.98. The van der Waals surface area contributed by atoms with Crippen LogP contribution in [0.5, 0.6) is 0 Å². The monoisotopic (exact) mass is 530 g/mol. The summed E-state index contributed by atoms with van der Waals surface area (Å²) < 4.78 is 11.2. The minimum Gasteiger partial charge on any atom is -0.462 e. The molecule has 1 aromatic rings. The van der Waals surface area contributed by atoms with Crippen LogP contribution >= 0.6 is 0 Å². The van der Waals surface area contributed by atoms with Crippen molar-refractivity contribution in [2.45, 2.75) is 156 Å². The highest BCUT2D eigenvalue weighted by atomic mass is 16.5. The van der Waals surface area contributed by atoms with Crippen molar-refractivity contribution in [1.29, 1.82) is 0 Å². The first-order valence-electron chi connectivity index (χ1n) is 16.1. The third-order valence-electron chi connectivity index (χ3n) is 7.32. The van der Waals surface area contributed by atoms with E-state index in [1.54, 1.807) is 12.1 Å². The number of rotatable bonds is 25. The molecule has 1 rings (SSSR count). The zero-order valence-corrected chi connectivity index (χ0v) is 25.1. The molecule has 0 saturated heterocycles. The molecule has 1 aromatic carbocycles. The van der Waals surface area contributed by atoms with Crippen molar-refractivity contribution in [3.8, 4) is 0 Å². The summed E-state index contributed by atoms with van der Waals surface area (Å²) in [5, 5.41) is 0. The van der Waals surface area contributed by atoms with Gasteiger partial charge in [0.15, 0.2) is 0 Å². The van der Waals surface area contributed by atoms with Gasteiger partial charge >= 0.3 is 11.9 Å². The van der Waals surface area contributed by atoms with Gasteiger partial charge in [-0.2, -0.15) is 0 Å². The predicted octanol–water partition coefficient (Wildman–Crippen LogP) is 10.4. The second-order valence-corrected chi connectivity index (χ2v) is 10.9. The Bertz CT molecular complexity index is 727. The molecule has 0 N–H and O–H groups in total. The van der Waals surface area contributed by atoms with E-state index in [1.165, 1.54) is 89.9 Å². The summed E-state index contributed by atoms with van der Waals surface area (Å²) in [6, 6.07) is 5.36. The first kappa shape index (κ1) is 34.2. The smallest absolute Gasteiger partial charge is 0.338 e. The minimum atomic E-state index is -0.289. The van der Waals surface area contributed by atoms with Crippen LogP contribution in [-0.4, -0.2) is 25.2 Å². The van der Waals surface area contributed by atoms with E-state index in [1.807, 2.05) is 6.07 Å². The van der Waals surface area contributed by atoms with Crippen molar-refractivity contribution in [3.05, 3.63) is 34.9 Å². The lowest BCUT2D eigenvalue weighted by Crippen LogP contribution is -2.12. The normalized spacial score (nSPS) is 11.0. The van der Waals surface area contributed by atoms with Gasteiger partial charge in [0.25, 0.3) is 0 Å². The number of hydrogen-bond acceptors (Lipinski definition) is 4. The standard InChI is InChI=1S/C34H58O4/c1-4-7-10-13-16-17-18-21-24-30-29-31(33(35)37-27-22-19-14-11-8-5-2)25-26-32(30)34(36)38-28-23-20-15-12-9-6-3/h25-26,29H,4-24,27-28H2,1-3H3. The number of carbonyl (C=O) groups is 2. The minimum absolute atomic E-state index is 0.264. The van der Waals surface area contributed by atoms with Crippen molar-refractivity contribution in [2.24, 2.45) is 0 Å². The van der Waals surface area contributed by atoms with Crippen molar-refractivity contribution in [3.63, 3.8) is 0 Å². The molecule has 0 radical (unpaired) electrons. The molecule has 0 spiro atoms. The van der Waals surface area contributed by atoms with E-state index in [0.717, 1.165) is 50.5 Å². The van der Waals surface area contributed by atoms with Crippen LogP contribution in [-0.2, 0) is 15.9 Å². The highest BCUT2D eigenvalue weighted by Gasteiger charge is 2.17. The van der Waals surface area contributed by atoms with E-state index in [9.17, 15) is 9.59 Å². The fourth-order valence-corrected chi connectivity index (χ4v) is 4.83. The Morgan fingerprint density at radius 1 is 0.526 bits per heavy atom. The number of hydrogen-bond donors (Lipinski definition) is 0. The van der Waals surface area contributed by atoms with Crippen LogP contribution < -0.4 is 0 Å². The van der Waals surface area contributed by atoms with Crippen LogP contribution in [0.15, 0.2) is 18.2 Å². The molecular weight excluding hydrogens is 472 g/mol. The number of unbranched alkanes of at least 4 members (excludes halogenated alkanes) is 17. The summed E-state index contributed by atoms with van der Waals surface area (Å²) in [5.41, 5.74) is 2.06. The van der Waals surface area contributed by atoms with Crippen molar-refractivity contribution in [1.82, 2.24) is 0 Å². The van der Waals surface area contributed by atoms with Gasteiger partial charge in [-0.25, -0.2) is 9.59 Å². The summed E-state index contributed by atoms with van der Waals surface area (Å²) in [5.74, 6) is -0.553. The fourth-order valence-electron chi connectivity index (χ4n) is 4.83. The summed E-state index contributed by atoms with van der Waals surface area (Å²) in [4.78, 5) is 25.6. The Morgan fingerprint density at radius 2 is 0.947 bits per heavy atom. The molecule has 0 aliphatic carbocycles. The number of ether oxygens (including phenoxy) is 2. The average molecular weight is 531 g/mol. The molecule has 0 bridgehead atoms. The third-order valence-corrected chi connectivity index (χ3v) is 7.32. The molecule has 4 heteroatoms. The van der Waals surface area contributed by atoms with E-state index >= 15 is 0 Å². The van der Waals surface area contributed by atoms with E-state index in [4.69, 9.17) is 9.47 Å². The van der Waals surface area contributed by atoms with Crippen LogP contribution in [0.2, 0.25) is 0 Å². The van der Waals surface area contributed by atoms with Crippen LogP contribution in [0, 0.1) is 0 Å². The molecule has 0 heterocycles. The lowest BCUT2D eigenvalue weighted by molar-refractivity contribution is 0.0482. The maximum absolute atomic E-state index is 12.9. The molecule has 38 heavy (non-hydrogen) atoms. The van der Waals surface area contributed by atoms with Crippen molar-refractivity contribution < 1.29 is 19.1 Å². The van der Waals surface area contributed by atoms with Crippen LogP contribution in [0.4, 0.5) is 0 Å². The lowest BCUT2D eigenvalue weighted by Gasteiger charge is -2.12. The average Bonchev–Trinajstić information content (AvgIpc) is 2.93. The summed E-state index contributed by atoms with van der Waals surface area (Å²) in [6.45, 7) is 7.60. The van der Waals surface area contributed by atoms with Gasteiger partial charge in [0.2, 0.25) is 0 Å². The molecule has 0 fully saturated rings. The summed E-state index contributed by atoms with van der Waals surface area (Å²) >= 11 is 0. The maximum atomic E-state index is 12.9. The van der Waals surface area contributed by atoms with E-state index in [-0.39, 0.29) is 11.9 Å². The molecule has 0 atom stereocenters. The van der Waals surface area contributed by atoms with Gasteiger partial charge in [-0.05, 0) is 49.4 Å². The predicted molar refractivity (Wildman–Crippen MR) is 160 cm³/mol. The fraction of sp³-hybridized carbons (Fsp3) is 0.765. The van der Waals surface area contributed by atoms with Gasteiger partial charge in [-0.3, -0.25) is 0 Å². The van der Waals surface area contributed by atoms with Gasteiger partial charge in [0, 0.05) is 0 Å². The quantitative estimate of drug-likeness (QED) is 0.0931. The Morgan fingerprint density at radius 3 is 1.45 bits per heavy atom. The summed E-state index contributed by atoms with van der Waals surface area (Å²) in [6.07, 6.45) is 24.6. The highest BCUT2D eigenvalue weighted by molar-refractivity contribution is 5.94. The zero-order chi connectivity index (χ0) is 27.7. The molecule has 0 aliphatic rings. The molecule has 0 aromatic heterocycles. The number of esters is 2. The Labute approximate surface area is 234 Å². The number of carbonyl (C=O) groups excluding carboxylic acids is 2. The van der Waals surface area contributed by atoms with Crippen LogP contribution in [0.3, 0.4) is 0 Å².